The summed E-state index contributed by atoms with van der Waals surface area (Å²) in [5.41, 5.74) is 0.305. The van der Waals surface area contributed by atoms with Gasteiger partial charge in [-0.05, 0) is 92.3 Å². The number of aliphatic hydroxyl groups is 1. The number of esters is 1. The van der Waals surface area contributed by atoms with Crippen molar-refractivity contribution in [1.82, 2.24) is 0 Å². The van der Waals surface area contributed by atoms with Gasteiger partial charge in [-0.15, -0.1) is 0 Å². The summed E-state index contributed by atoms with van der Waals surface area (Å²) < 4.78 is 5.75. The van der Waals surface area contributed by atoms with Gasteiger partial charge in [-0.2, -0.15) is 0 Å². The lowest BCUT2D eigenvalue weighted by Gasteiger charge is -2.61. The zero-order chi connectivity index (χ0) is 17.6. The van der Waals surface area contributed by atoms with Gasteiger partial charge in [0.1, 0.15) is 6.10 Å². The molecule has 0 spiro atoms. The molecule has 5 fully saturated rings. The van der Waals surface area contributed by atoms with Crippen molar-refractivity contribution in [2.45, 2.75) is 84.3 Å². The van der Waals surface area contributed by atoms with Gasteiger partial charge in [0.25, 0.3) is 0 Å². The third-order valence-corrected chi connectivity index (χ3v) is 9.79. The summed E-state index contributed by atoms with van der Waals surface area (Å²) in [7, 11) is 0. The number of ether oxygens (including phenoxy) is 1. The molecule has 25 heavy (non-hydrogen) atoms. The molecule has 0 radical (unpaired) electrons. The summed E-state index contributed by atoms with van der Waals surface area (Å²) in [4.78, 5) is 11.6. The van der Waals surface area contributed by atoms with Gasteiger partial charge in [-0.3, -0.25) is 4.79 Å². The highest BCUT2D eigenvalue weighted by Crippen LogP contribution is 2.70. The van der Waals surface area contributed by atoms with Crippen LogP contribution in [0.25, 0.3) is 0 Å². The van der Waals surface area contributed by atoms with Gasteiger partial charge in [-0.1, -0.05) is 13.8 Å². The van der Waals surface area contributed by atoms with E-state index >= 15 is 0 Å². The van der Waals surface area contributed by atoms with Crippen molar-refractivity contribution in [2.75, 3.05) is 0 Å². The summed E-state index contributed by atoms with van der Waals surface area (Å²) in [6.45, 7) is 6.38. The Labute approximate surface area is 151 Å². The summed E-state index contributed by atoms with van der Waals surface area (Å²) in [5.74, 6) is 4.14. The molecular weight excluding hydrogens is 312 g/mol. The van der Waals surface area contributed by atoms with E-state index in [1.807, 2.05) is 0 Å². The molecule has 0 aromatic heterocycles. The van der Waals surface area contributed by atoms with E-state index in [4.69, 9.17) is 4.74 Å². The average molecular weight is 347 g/mol. The molecule has 0 aliphatic heterocycles. The summed E-state index contributed by atoms with van der Waals surface area (Å²) in [5, 5.41) is 11.2. The third kappa shape index (κ3) is 2.11. The smallest absolute Gasteiger partial charge is 0.302 e. The van der Waals surface area contributed by atoms with Gasteiger partial charge in [-0.25, -0.2) is 0 Å². The topological polar surface area (TPSA) is 46.5 Å². The number of hydrogen-bond donors (Lipinski definition) is 1. The zero-order valence-electron chi connectivity index (χ0n) is 16.0. The molecule has 5 rings (SSSR count). The largest absolute Gasteiger partial charge is 0.462 e. The van der Waals surface area contributed by atoms with Crippen LogP contribution in [0.3, 0.4) is 0 Å². The van der Waals surface area contributed by atoms with E-state index < -0.39 is 0 Å². The number of aliphatic hydroxyl groups excluding tert-OH is 1. The molecule has 0 saturated heterocycles. The second kappa shape index (κ2) is 5.24. The van der Waals surface area contributed by atoms with E-state index in [1.54, 1.807) is 6.92 Å². The number of carbonyl (C=O) groups excluding carboxylic acids is 1. The van der Waals surface area contributed by atoms with E-state index in [0.29, 0.717) is 17.8 Å². The molecule has 3 heteroatoms. The fourth-order valence-electron chi connectivity index (χ4n) is 8.40. The van der Waals surface area contributed by atoms with Gasteiger partial charge in [0.2, 0.25) is 0 Å². The molecule has 0 aromatic carbocycles. The Morgan fingerprint density at radius 2 is 1.80 bits per heavy atom. The van der Waals surface area contributed by atoms with Crippen LogP contribution in [-0.4, -0.2) is 23.3 Å². The van der Waals surface area contributed by atoms with Crippen LogP contribution in [-0.2, 0) is 9.53 Å². The molecule has 0 heterocycles. The molecule has 5 saturated carbocycles. The lowest BCUT2D eigenvalue weighted by molar-refractivity contribution is -0.178. The van der Waals surface area contributed by atoms with Crippen LogP contribution in [0, 0.1) is 46.3 Å². The highest BCUT2D eigenvalue weighted by atomic mass is 16.5. The van der Waals surface area contributed by atoms with Gasteiger partial charge < -0.3 is 9.84 Å². The minimum atomic E-state index is -0.118. The van der Waals surface area contributed by atoms with Crippen molar-refractivity contribution >= 4 is 5.97 Å². The van der Waals surface area contributed by atoms with Crippen molar-refractivity contribution in [3.8, 4) is 0 Å². The fourth-order valence-corrected chi connectivity index (χ4v) is 8.40. The minimum absolute atomic E-state index is 0.0703. The van der Waals surface area contributed by atoms with Crippen molar-refractivity contribution in [3.63, 3.8) is 0 Å². The quantitative estimate of drug-likeness (QED) is 0.725. The summed E-state index contributed by atoms with van der Waals surface area (Å²) in [6, 6.07) is 0. The van der Waals surface area contributed by atoms with E-state index in [2.05, 4.69) is 13.8 Å². The molecule has 5 aliphatic rings. The van der Waals surface area contributed by atoms with Gasteiger partial charge in [0.15, 0.2) is 0 Å². The second-order valence-corrected chi connectivity index (χ2v) is 10.6. The monoisotopic (exact) mass is 346 g/mol. The standard InChI is InChI=1S/C22H34O3/c1-12(23)25-19-7-6-17-15-5-4-14-10-13-11-16(13)20(24)22(14,3)18(15)8-9-21(17,19)2/h13-20,24H,4-11H2,1-3H3/t13-,14-,15-,16+,17-,18+,19+,20+,21+,22-/m0/s1. The lowest BCUT2D eigenvalue weighted by atomic mass is 9.44. The lowest BCUT2D eigenvalue weighted by Crippen LogP contribution is -2.58. The van der Waals surface area contributed by atoms with E-state index in [-0.39, 0.29) is 29.0 Å². The van der Waals surface area contributed by atoms with Crippen molar-refractivity contribution in [1.29, 1.82) is 0 Å². The molecule has 0 unspecified atom stereocenters. The van der Waals surface area contributed by atoms with Gasteiger partial charge >= 0.3 is 5.97 Å². The van der Waals surface area contributed by atoms with E-state index in [9.17, 15) is 9.90 Å². The average Bonchev–Trinajstić information content (AvgIpc) is 3.26. The first-order valence-corrected chi connectivity index (χ1v) is 10.7. The Balaban J connectivity index is 1.44. The minimum Gasteiger partial charge on any atom is -0.462 e. The zero-order valence-corrected chi connectivity index (χ0v) is 16.0. The van der Waals surface area contributed by atoms with Crippen LogP contribution in [0.1, 0.15) is 72.1 Å². The Morgan fingerprint density at radius 1 is 1.00 bits per heavy atom. The maximum absolute atomic E-state index is 11.6. The maximum atomic E-state index is 11.6. The molecule has 5 aliphatic carbocycles. The van der Waals surface area contributed by atoms with Gasteiger partial charge in [0.05, 0.1) is 6.10 Å². The van der Waals surface area contributed by atoms with Crippen LogP contribution in [0.4, 0.5) is 0 Å². The fraction of sp³-hybridized carbons (Fsp3) is 0.955. The van der Waals surface area contributed by atoms with Crippen LogP contribution >= 0.6 is 0 Å². The van der Waals surface area contributed by atoms with Crippen LogP contribution in [0.15, 0.2) is 0 Å². The molecule has 3 nitrogen and oxygen atoms in total. The number of rotatable bonds is 1. The molecule has 140 valence electrons. The third-order valence-electron chi connectivity index (χ3n) is 9.79. The predicted octanol–water partition coefficient (Wildman–Crippen LogP) is 4.18. The Hall–Kier alpha value is -0.570. The molecule has 0 aromatic rings. The number of carbonyl (C=O) groups is 1. The predicted molar refractivity (Wildman–Crippen MR) is 95.7 cm³/mol. The highest BCUT2D eigenvalue weighted by Gasteiger charge is 2.66. The first-order chi connectivity index (χ1) is 11.9. The van der Waals surface area contributed by atoms with Crippen LogP contribution < -0.4 is 0 Å². The molecule has 10 atom stereocenters. The second-order valence-electron chi connectivity index (χ2n) is 10.6. The maximum Gasteiger partial charge on any atom is 0.302 e. The summed E-state index contributed by atoms with van der Waals surface area (Å²) in [6.07, 6.45) is 9.97. The summed E-state index contributed by atoms with van der Waals surface area (Å²) >= 11 is 0. The first kappa shape index (κ1) is 16.6. The number of hydrogen-bond acceptors (Lipinski definition) is 3. The Kier molecular flexibility index (Phi) is 3.48. The van der Waals surface area contributed by atoms with Gasteiger partial charge in [0, 0.05) is 12.3 Å². The van der Waals surface area contributed by atoms with Crippen LogP contribution in [0.2, 0.25) is 0 Å². The van der Waals surface area contributed by atoms with Crippen molar-refractivity contribution < 1.29 is 14.6 Å². The molecular formula is C22H34O3. The molecule has 0 amide bonds. The molecule has 0 bridgehead atoms. The normalized spacial score (nSPS) is 59.2. The first-order valence-electron chi connectivity index (χ1n) is 10.7. The molecule has 1 N–H and O–H groups in total. The van der Waals surface area contributed by atoms with E-state index in [0.717, 1.165) is 24.2 Å². The number of fused-ring (bicyclic) bond motifs is 6. The van der Waals surface area contributed by atoms with E-state index in [1.165, 1.54) is 44.9 Å². The van der Waals surface area contributed by atoms with Crippen LogP contribution in [0.5, 0.6) is 0 Å². The SMILES string of the molecule is CC(=O)O[C@@H]1CC[C@H]2[C@@H]3CC[C@H]4C[C@H]5C[C@H]5[C@@H](O)[C@]4(C)[C@@H]3CC[C@@]12C. The highest BCUT2D eigenvalue weighted by molar-refractivity contribution is 5.66. The Morgan fingerprint density at radius 3 is 2.56 bits per heavy atom. The Bertz CT molecular complexity index is 588. The van der Waals surface area contributed by atoms with Crippen molar-refractivity contribution in [2.24, 2.45) is 46.3 Å². The van der Waals surface area contributed by atoms with Crippen molar-refractivity contribution in [3.05, 3.63) is 0 Å².